The highest BCUT2D eigenvalue weighted by molar-refractivity contribution is 5.79. The first-order valence-corrected chi connectivity index (χ1v) is 5.52. The van der Waals surface area contributed by atoms with Crippen LogP contribution in [-0.2, 0) is 4.79 Å². The molecule has 2 rings (SSSR count). The van der Waals surface area contributed by atoms with Crippen LogP contribution in [-0.4, -0.2) is 37.0 Å². The standard InChI is InChI=1S/C11H18N2O/c14-11(10-4-2-1-3-5-10)13-8-6-12-7-9-13/h1-2,10,12H,3-9H2. The number of amides is 1. The van der Waals surface area contributed by atoms with Crippen LogP contribution in [0, 0.1) is 5.92 Å². The van der Waals surface area contributed by atoms with Gasteiger partial charge in [0.25, 0.3) is 0 Å². The highest BCUT2D eigenvalue weighted by atomic mass is 16.2. The van der Waals surface area contributed by atoms with Crippen molar-refractivity contribution in [2.45, 2.75) is 19.3 Å². The lowest BCUT2D eigenvalue weighted by Crippen LogP contribution is -2.48. The number of nitrogens with zero attached hydrogens (tertiary/aromatic N) is 1. The molecule has 3 heteroatoms. The molecule has 1 heterocycles. The summed E-state index contributed by atoms with van der Waals surface area (Å²) in [5.41, 5.74) is 0. The second-order valence-corrected chi connectivity index (χ2v) is 4.06. The third-order valence-corrected chi connectivity index (χ3v) is 3.05. The van der Waals surface area contributed by atoms with Gasteiger partial charge in [-0.3, -0.25) is 4.79 Å². The normalized spacial score (nSPS) is 27.7. The van der Waals surface area contributed by atoms with Crippen LogP contribution in [0.2, 0.25) is 0 Å². The molecule has 0 radical (unpaired) electrons. The van der Waals surface area contributed by atoms with Crippen molar-refractivity contribution in [2.75, 3.05) is 26.2 Å². The summed E-state index contributed by atoms with van der Waals surface area (Å²) >= 11 is 0. The van der Waals surface area contributed by atoms with E-state index in [9.17, 15) is 4.79 Å². The lowest BCUT2D eigenvalue weighted by molar-refractivity contribution is -0.136. The average molecular weight is 194 g/mol. The molecule has 0 saturated carbocycles. The first-order chi connectivity index (χ1) is 6.88. The molecule has 3 nitrogen and oxygen atoms in total. The summed E-state index contributed by atoms with van der Waals surface area (Å²) < 4.78 is 0. The van der Waals surface area contributed by atoms with Crippen LogP contribution in [0.15, 0.2) is 12.2 Å². The fraction of sp³-hybridized carbons (Fsp3) is 0.727. The van der Waals surface area contributed by atoms with Gasteiger partial charge in [-0.05, 0) is 19.3 Å². The highest BCUT2D eigenvalue weighted by Crippen LogP contribution is 2.20. The number of rotatable bonds is 1. The molecule has 2 aliphatic rings. The molecule has 1 saturated heterocycles. The summed E-state index contributed by atoms with van der Waals surface area (Å²) in [5, 5.41) is 3.26. The van der Waals surface area contributed by atoms with Crippen LogP contribution in [0.3, 0.4) is 0 Å². The van der Waals surface area contributed by atoms with Gasteiger partial charge < -0.3 is 10.2 Å². The molecular weight excluding hydrogens is 176 g/mol. The van der Waals surface area contributed by atoms with Crippen molar-refractivity contribution >= 4 is 5.91 Å². The summed E-state index contributed by atoms with van der Waals surface area (Å²) in [5.74, 6) is 0.633. The largest absolute Gasteiger partial charge is 0.340 e. The summed E-state index contributed by atoms with van der Waals surface area (Å²) in [4.78, 5) is 14.0. The van der Waals surface area contributed by atoms with Gasteiger partial charge in [-0.2, -0.15) is 0 Å². The molecule has 1 amide bonds. The third kappa shape index (κ3) is 2.15. The topological polar surface area (TPSA) is 32.3 Å². The van der Waals surface area contributed by atoms with Crippen molar-refractivity contribution in [1.29, 1.82) is 0 Å². The van der Waals surface area contributed by atoms with Crippen molar-refractivity contribution in [3.8, 4) is 0 Å². The van der Waals surface area contributed by atoms with Crippen molar-refractivity contribution in [3.05, 3.63) is 12.2 Å². The van der Waals surface area contributed by atoms with Gasteiger partial charge >= 0.3 is 0 Å². The maximum Gasteiger partial charge on any atom is 0.226 e. The van der Waals surface area contributed by atoms with Gasteiger partial charge in [0, 0.05) is 32.1 Å². The minimum Gasteiger partial charge on any atom is -0.340 e. The van der Waals surface area contributed by atoms with Gasteiger partial charge in [0.1, 0.15) is 0 Å². The third-order valence-electron chi connectivity index (χ3n) is 3.05. The van der Waals surface area contributed by atoms with Gasteiger partial charge in [0.2, 0.25) is 5.91 Å². The number of piperazine rings is 1. The van der Waals surface area contributed by atoms with E-state index in [1.165, 1.54) is 0 Å². The molecule has 1 fully saturated rings. The molecule has 1 N–H and O–H groups in total. The average Bonchev–Trinajstić information content (AvgIpc) is 2.30. The molecular formula is C11H18N2O. The lowest BCUT2D eigenvalue weighted by Gasteiger charge is -2.31. The molecule has 1 atom stereocenters. The Labute approximate surface area is 85.2 Å². The molecule has 1 aliphatic heterocycles. The van der Waals surface area contributed by atoms with Gasteiger partial charge in [-0.15, -0.1) is 0 Å². The smallest absolute Gasteiger partial charge is 0.226 e. The molecule has 0 bridgehead atoms. The first-order valence-electron chi connectivity index (χ1n) is 5.52. The van der Waals surface area contributed by atoms with E-state index in [1.807, 2.05) is 4.90 Å². The van der Waals surface area contributed by atoms with Gasteiger partial charge in [-0.1, -0.05) is 12.2 Å². The number of carbonyl (C=O) groups is 1. The maximum atomic E-state index is 12.0. The molecule has 1 unspecified atom stereocenters. The van der Waals surface area contributed by atoms with Crippen LogP contribution in [0.4, 0.5) is 0 Å². The zero-order valence-corrected chi connectivity index (χ0v) is 8.54. The number of hydrogen-bond donors (Lipinski definition) is 1. The Morgan fingerprint density at radius 3 is 2.71 bits per heavy atom. The van der Waals surface area contributed by atoms with Crippen LogP contribution in [0.25, 0.3) is 0 Å². The Balaban J connectivity index is 1.89. The monoisotopic (exact) mass is 194 g/mol. The lowest BCUT2D eigenvalue weighted by atomic mass is 9.93. The van der Waals surface area contributed by atoms with E-state index < -0.39 is 0 Å². The van der Waals surface area contributed by atoms with Gasteiger partial charge in [0.05, 0.1) is 0 Å². The molecule has 0 aromatic carbocycles. The molecule has 14 heavy (non-hydrogen) atoms. The quantitative estimate of drug-likeness (QED) is 0.625. The van der Waals surface area contributed by atoms with E-state index >= 15 is 0 Å². The van der Waals surface area contributed by atoms with Crippen molar-refractivity contribution < 1.29 is 4.79 Å². The van der Waals surface area contributed by atoms with Crippen LogP contribution in [0.1, 0.15) is 19.3 Å². The van der Waals surface area contributed by atoms with E-state index in [0.29, 0.717) is 5.91 Å². The van der Waals surface area contributed by atoms with Crippen molar-refractivity contribution in [3.63, 3.8) is 0 Å². The summed E-state index contributed by atoms with van der Waals surface area (Å²) in [7, 11) is 0. The minimum atomic E-state index is 0.262. The Hall–Kier alpha value is -0.830. The number of hydrogen-bond acceptors (Lipinski definition) is 2. The van der Waals surface area contributed by atoms with Gasteiger partial charge in [-0.25, -0.2) is 0 Å². The Morgan fingerprint density at radius 2 is 2.07 bits per heavy atom. The maximum absolute atomic E-state index is 12.0. The molecule has 0 aromatic rings. The van der Waals surface area contributed by atoms with Crippen LogP contribution < -0.4 is 5.32 Å². The minimum absolute atomic E-state index is 0.262. The van der Waals surface area contributed by atoms with E-state index in [2.05, 4.69) is 17.5 Å². The van der Waals surface area contributed by atoms with E-state index in [0.717, 1.165) is 45.4 Å². The number of allylic oxidation sites excluding steroid dienone is 2. The number of nitrogens with one attached hydrogen (secondary N) is 1. The zero-order chi connectivity index (χ0) is 9.80. The Bertz CT molecular complexity index is 231. The molecule has 1 aliphatic carbocycles. The van der Waals surface area contributed by atoms with E-state index in [4.69, 9.17) is 0 Å². The Kier molecular flexibility index (Phi) is 3.19. The second kappa shape index (κ2) is 4.60. The zero-order valence-electron chi connectivity index (χ0n) is 8.54. The molecule has 0 spiro atoms. The van der Waals surface area contributed by atoms with Crippen LogP contribution in [0.5, 0.6) is 0 Å². The predicted molar refractivity (Wildman–Crippen MR) is 55.9 cm³/mol. The number of carbonyl (C=O) groups excluding carboxylic acids is 1. The SMILES string of the molecule is O=C(C1CC=CCC1)N1CCNCC1. The predicted octanol–water partition coefficient (Wildman–Crippen LogP) is 0.774. The Morgan fingerprint density at radius 1 is 1.29 bits per heavy atom. The van der Waals surface area contributed by atoms with E-state index in [1.54, 1.807) is 0 Å². The van der Waals surface area contributed by atoms with E-state index in [-0.39, 0.29) is 5.92 Å². The van der Waals surface area contributed by atoms with Crippen molar-refractivity contribution in [1.82, 2.24) is 10.2 Å². The summed E-state index contributed by atoms with van der Waals surface area (Å²) in [6, 6.07) is 0. The van der Waals surface area contributed by atoms with Crippen LogP contribution >= 0.6 is 0 Å². The van der Waals surface area contributed by atoms with Gasteiger partial charge in [0.15, 0.2) is 0 Å². The first kappa shape index (κ1) is 9.71. The highest BCUT2D eigenvalue weighted by Gasteiger charge is 2.24. The fourth-order valence-electron chi connectivity index (χ4n) is 2.16. The summed E-state index contributed by atoms with van der Waals surface area (Å²) in [6.07, 6.45) is 7.39. The summed E-state index contributed by atoms with van der Waals surface area (Å²) in [6.45, 7) is 3.68. The fourth-order valence-corrected chi connectivity index (χ4v) is 2.16. The van der Waals surface area contributed by atoms with Crippen molar-refractivity contribution in [2.24, 2.45) is 5.92 Å². The molecule has 78 valence electrons. The second-order valence-electron chi connectivity index (χ2n) is 4.06. The molecule has 0 aromatic heterocycles.